The second-order valence-corrected chi connectivity index (χ2v) is 13.5. The van der Waals surface area contributed by atoms with Crippen LogP contribution in [-0.2, 0) is 31.5 Å². The monoisotopic (exact) mass is 575 g/mol. The maximum atomic E-state index is 14.0. The summed E-state index contributed by atoms with van der Waals surface area (Å²) in [6, 6.07) is 13.5. The molecule has 1 fully saturated rings. The van der Waals surface area contributed by atoms with Crippen molar-refractivity contribution in [1.82, 2.24) is 14.1 Å². The van der Waals surface area contributed by atoms with Crippen molar-refractivity contribution in [3.05, 3.63) is 71.0 Å². The topological polar surface area (TPSA) is 87.2 Å². The number of ether oxygens (including phenoxy) is 1. The van der Waals surface area contributed by atoms with Crippen molar-refractivity contribution >= 4 is 21.8 Å². The van der Waals surface area contributed by atoms with E-state index in [-0.39, 0.29) is 55.3 Å². The number of halogens is 1. The van der Waals surface area contributed by atoms with Crippen LogP contribution >= 0.6 is 0 Å². The lowest BCUT2D eigenvalue weighted by Gasteiger charge is -2.39. The van der Waals surface area contributed by atoms with Gasteiger partial charge in [-0.1, -0.05) is 45.0 Å². The van der Waals surface area contributed by atoms with Crippen LogP contribution < -0.4 is 0 Å². The van der Waals surface area contributed by atoms with Gasteiger partial charge in [0.15, 0.2) is 0 Å². The SMILES string of the molecule is CCS(=O)(=O)N(CCOC)CC(=O)N(Cc1cccc(F)c1)C1CCN(C(=O)c2ccc(C(C)(C)C)cc2)CC1. The van der Waals surface area contributed by atoms with Crippen LogP contribution in [0.25, 0.3) is 0 Å². The standard InChI is InChI=1S/C30H42FN3O5S/c1-6-40(37,38)33(18-19-39-5)22-28(35)34(21-23-8-7-9-26(31)20-23)27-14-16-32(17-15-27)29(36)24-10-12-25(13-11-24)30(2,3)4/h7-13,20,27H,6,14-19,21-22H2,1-5H3. The van der Waals surface area contributed by atoms with Crippen molar-refractivity contribution in [2.24, 2.45) is 0 Å². The molecule has 1 saturated heterocycles. The fourth-order valence-corrected chi connectivity index (χ4v) is 5.89. The zero-order valence-electron chi connectivity index (χ0n) is 24.2. The van der Waals surface area contributed by atoms with E-state index in [9.17, 15) is 22.4 Å². The highest BCUT2D eigenvalue weighted by molar-refractivity contribution is 7.89. The number of likely N-dealkylation sites (tertiary alicyclic amines) is 1. The zero-order chi connectivity index (χ0) is 29.5. The number of sulfonamides is 1. The van der Waals surface area contributed by atoms with Gasteiger partial charge in [-0.15, -0.1) is 0 Å². The first-order chi connectivity index (χ1) is 18.9. The Balaban J connectivity index is 1.76. The average Bonchev–Trinajstić information content (AvgIpc) is 2.93. The molecule has 1 aliphatic rings. The molecule has 0 bridgehead atoms. The molecule has 0 N–H and O–H groups in total. The van der Waals surface area contributed by atoms with E-state index in [4.69, 9.17) is 4.74 Å². The van der Waals surface area contributed by atoms with E-state index >= 15 is 0 Å². The molecule has 2 aromatic carbocycles. The summed E-state index contributed by atoms with van der Waals surface area (Å²) >= 11 is 0. The quantitative estimate of drug-likeness (QED) is 0.404. The summed E-state index contributed by atoms with van der Waals surface area (Å²) in [5.41, 5.74) is 2.39. The van der Waals surface area contributed by atoms with Gasteiger partial charge < -0.3 is 14.5 Å². The van der Waals surface area contributed by atoms with Gasteiger partial charge in [-0.25, -0.2) is 12.8 Å². The van der Waals surface area contributed by atoms with Crippen molar-refractivity contribution in [3.8, 4) is 0 Å². The van der Waals surface area contributed by atoms with Crippen LogP contribution in [-0.4, -0.2) is 86.0 Å². The summed E-state index contributed by atoms with van der Waals surface area (Å²) in [5, 5.41) is 0. The van der Waals surface area contributed by atoms with Gasteiger partial charge in [0, 0.05) is 44.9 Å². The molecule has 2 aromatic rings. The molecule has 0 aromatic heterocycles. The van der Waals surface area contributed by atoms with Crippen LogP contribution in [0.3, 0.4) is 0 Å². The maximum absolute atomic E-state index is 14.0. The smallest absolute Gasteiger partial charge is 0.253 e. The van der Waals surface area contributed by atoms with Gasteiger partial charge in [0.2, 0.25) is 15.9 Å². The van der Waals surface area contributed by atoms with E-state index < -0.39 is 15.8 Å². The summed E-state index contributed by atoms with van der Waals surface area (Å²) < 4.78 is 45.5. The number of methoxy groups -OCH3 is 1. The Labute approximate surface area is 238 Å². The van der Waals surface area contributed by atoms with Crippen LogP contribution in [0.5, 0.6) is 0 Å². The Kier molecular flexibility index (Phi) is 10.9. The van der Waals surface area contributed by atoms with Crippen LogP contribution in [0.4, 0.5) is 4.39 Å². The number of rotatable bonds is 11. The van der Waals surface area contributed by atoms with Crippen LogP contribution in [0, 0.1) is 5.82 Å². The summed E-state index contributed by atoms with van der Waals surface area (Å²) in [6.07, 6.45) is 1.07. The molecule has 10 heteroatoms. The number of nitrogens with zero attached hydrogens (tertiary/aromatic N) is 3. The number of hydrogen-bond donors (Lipinski definition) is 0. The largest absolute Gasteiger partial charge is 0.383 e. The Morgan fingerprint density at radius 3 is 2.27 bits per heavy atom. The zero-order valence-corrected chi connectivity index (χ0v) is 25.0. The van der Waals surface area contributed by atoms with Crippen molar-refractivity contribution in [2.45, 2.75) is 58.5 Å². The minimum Gasteiger partial charge on any atom is -0.383 e. The minimum atomic E-state index is -3.64. The lowest BCUT2D eigenvalue weighted by molar-refractivity contribution is -0.135. The van der Waals surface area contributed by atoms with E-state index in [2.05, 4.69) is 20.8 Å². The van der Waals surface area contributed by atoms with Crippen LogP contribution in [0.2, 0.25) is 0 Å². The third-order valence-electron chi connectivity index (χ3n) is 7.37. The summed E-state index contributed by atoms with van der Waals surface area (Å²) in [5.74, 6) is -0.954. The first kappa shape index (κ1) is 31.7. The van der Waals surface area contributed by atoms with Crippen molar-refractivity contribution < 1.29 is 27.1 Å². The van der Waals surface area contributed by atoms with Crippen molar-refractivity contribution in [1.29, 1.82) is 0 Å². The highest BCUT2D eigenvalue weighted by Crippen LogP contribution is 2.25. The fraction of sp³-hybridized carbons (Fsp3) is 0.533. The van der Waals surface area contributed by atoms with Crippen molar-refractivity contribution in [3.63, 3.8) is 0 Å². The van der Waals surface area contributed by atoms with E-state index in [1.807, 2.05) is 24.3 Å². The highest BCUT2D eigenvalue weighted by Gasteiger charge is 2.33. The molecule has 0 unspecified atom stereocenters. The fourth-order valence-electron chi connectivity index (χ4n) is 4.86. The van der Waals surface area contributed by atoms with Gasteiger partial charge in [-0.2, -0.15) is 4.31 Å². The molecule has 0 radical (unpaired) electrons. The molecule has 2 amide bonds. The molecule has 3 rings (SSSR count). The van der Waals surface area contributed by atoms with E-state index in [0.717, 1.165) is 9.87 Å². The number of piperidine rings is 1. The second kappa shape index (κ2) is 13.7. The Morgan fingerprint density at radius 1 is 1.07 bits per heavy atom. The molecule has 220 valence electrons. The molecule has 8 nitrogen and oxygen atoms in total. The molecular weight excluding hydrogens is 533 g/mol. The van der Waals surface area contributed by atoms with E-state index in [0.29, 0.717) is 37.1 Å². The Bertz CT molecular complexity index is 1250. The number of benzene rings is 2. The Hall–Kier alpha value is -2.82. The van der Waals surface area contributed by atoms with Gasteiger partial charge in [0.25, 0.3) is 5.91 Å². The van der Waals surface area contributed by atoms with Gasteiger partial charge >= 0.3 is 0 Å². The van der Waals surface area contributed by atoms with Gasteiger partial charge in [-0.05, 0) is 60.6 Å². The van der Waals surface area contributed by atoms with Crippen LogP contribution in [0.15, 0.2) is 48.5 Å². The highest BCUT2D eigenvalue weighted by atomic mass is 32.2. The lowest BCUT2D eigenvalue weighted by atomic mass is 9.86. The molecular formula is C30H42FN3O5S. The first-order valence-corrected chi connectivity index (χ1v) is 15.4. The van der Waals surface area contributed by atoms with E-state index in [1.54, 1.807) is 21.9 Å². The lowest BCUT2D eigenvalue weighted by Crippen LogP contribution is -2.51. The maximum Gasteiger partial charge on any atom is 0.253 e. The number of carbonyl (C=O) groups is 2. The molecule has 0 saturated carbocycles. The summed E-state index contributed by atoms with van der Waals surface area (Å²) in [6.45, 7) is 8.87. The Morgan fingerprint density at radius 2 is 1.73 bits per heavy atom. The first-order valence-electron chi connectivity index (χ1n) is 13.8. The number of hydrogen-bond acceptors (Lipinski definition) is 5. The third kappa shape index (κ3) is 8.34. The van der Waals surface area contributed by atoms with Gasteiger partial charge in [-0.3, -0.25) is 9.59 Å². The molecule has 1 heterocycles. The molecule has 40 heavy (non-hydrogen) atoms. The normalized spacial score (nSPS) is 14.9. The molecule has 0 atom stereocenters. The predicted octanol–water partition coefficient (Wildman–Crippen LogP) is 4.05. The molecule has 1 aliphatic heterocycles. The second-order valence-electron chi connectivity index (χ2n) is 11.2. The molecule has 0 aliphatic carbocycles. The van der Waals surface area contributed by atoms with Gasteiger partial charge in [0.1, 0.15) is 5.82 Å². The summed E-state index contributed by atoms with van der Waals surface area (Å²) in [4.78, 5) is 30.3. The number of amides is 2. The third-order valence-corrected chi connectivity index (χ3v) is 9.20. The van der Waals surface area contributed by atoms with Crippen LogP contribution in [0.1, 0.15) is 62.0 Å². The predicted molar refractivity (Wildman–Crippen MR) is 154 cm³/mol. The van der Waals surface area contributed by atoms with E-state index in [1.165, 1.54) is 26.2 Å². The minimum absolute atomic E-state index is 0.00675. The average molecular weight is 576 g/mol. The number of carbonyl (C=O) groups excluding carboxylic acids is 2. The molecule has 0 spiro atoms. The van der Waals surface area contributed by atoms with Gasteiger partial charge in [0.05, 0.1) is 18.9 Å². The van der Waals surface area contributed by atoms with Crippen molar-refractivity contribution in [2.75, 3.05) is 45.6 Å². The summed E-state index contributed by atoms with van der Waals surface area (Å²) in [7, 11) is -2.17.